The normalized spacial score (nSPS) is 12.7. The van der Waals surface area contributed by atoms with Crippen molar-refractivity contribution in [2.75, 3.05) is 36.0 Å². The van der Waals surface area contributed by atoms with E-state index in [1.54, 1.807) is 24.3 Å². The maximum atomic E-state index is 13.7. The van der Waals surface area contributed by atoms with Gasteiger partial charge in [0.1, 0.15) is 0 Å². The number of fused-ring (bicyclic) bond motifs is 2. The van der Waals surface area contributed by atoms with Gasteiger partial charge in [-0.15, -0.1) is 0 Å². The van der Waals surface area contributed by atoms with Crippen LogP contribution in [0.25, 0.3) is 0 Å². The van der Waals surface area contributed by atoms with E-state index >= 15 is 0 Å². The summed E-state index contributed by atoms with van der Waals surface area (Å²) in [6.07, 6.45) is 14.7. The first-order valence-electron chi connectivity index (χ1n) is 22.4. The van der Waals surface area contributed by atoms with Crippen molar-refractivity contribution in [1.29, 1.82) is 0 Å². The van der Waals surface area contributed by atoms with Crippen molar-refractivity contribution in [2.24, 2.45) is 11.8 Å². The van der Waals surface area contributed by atoms with E-state index in [-0.39, 0.29) is 11.6 Å². The minimum atomic E-state index is -0.156. The number of hydrogen-bond donors (Lipinski definition) is 0. The van der Waals surface area contributed by atoms with E-state index in [4.69, 9.17) is 0 Å². The lowest BCUT2D eigenvalue weighted by Gasteiger charge is -2.29. The Morgan fingerprint density at radius 1 is 0.431 bits per heavy atom. The van der Waals surface area contributed by atoms with Crippen molar-refractivity contribution in [3.05, 3.63) is 129 Å². The molecule has 4 nitrogen and oxygen atoms in total. The first-order valence-corrected chi connectivity index (χ1v) is 22.4. The number of carbonyl (C=O) groups is 2. The summed E-state index contributed by atoms with van der Waals surface area (Å²) in [7, 11) is 0. The van der Waals surface area contributed by atoms with E-state index in [1.807, 2.05) is 12.1 Å². The van der Waals surface area contributed by atoms with Gasteiger partial charge in [-0.1, -0.05) is 117 Å². The molecule has 0 spiro atoms. The van der Waals surface area contributed by atoms with Crippen LogP contribution >= 0.6 is 0 Å². The predicted molar refractivity (Wildman–Crippen MR) is 245 cm³/mol. The van der Waals surface area contributed by atoms with Crippen molar-refractivity contribution in [3.63, 3.8) is 0 Å². The Bertz CT molecular complexity index is 1920. The second-order valence-electron chi connectivity index (χ2n) is 16.2. The van der Waals surface area contributed by atoms with Crippen LogP contribution < -0.4 is 9.80 Å². The summed E-state index contributed by atoms with van der Waals surface area (Å²) in [6.45, 7) is 18.0. The summed E-state index contributed by atoms with van der Waals surface area (Å²) in [5.41, 5.74) is 7.39. The van der Waals surface area contributed by atoms with Gasteiger partial charge in [0.15, 0.2) is 11.6 Å². The Labute approximate surface area is 350 Å². The van der Waals surface area contributed by atoms with Crippen molar-refractivity contribution in [1.82, 2.24) is 0 Å². The summed E-state index contributed by atoms with van der Waals surface area (Å²) < 4.78 is 0. The molecule has 0 fully saturated rings. The molecule has 1 aliphatic rings. The third-order valence-corrected chi connectivity index (χ3v) is 11.8. The molecular formula is C54H66N2O2. The molecule has 2 atom stereocenters. The molecule has 0 amide bonds. The van der Waals surface area contributed by atoms with Gasteiger partial charge in [-0.05, 0) is 122 Å². The molecule has 4 aromatic rings. The quantitative estimate of drug-likeness (QED) is 0.0739. The molecule has 2 unspecified atom stereocenters. The molecule has 304 valence electrons. The standard InChI is InChI=1S/C54H66N2O2/c1-7-13-17-41(11-5)39-55(35-15-9-3)47-29-23-43(24-30-47)19-21-45-27-33-49-51(37-45)53(57)50-34-28-46(38-52(50)54(49)58)22-20-44-25-31-48(32-26-44)56(36-16-10-4)40-42(12-6)18-14-8-2/h23-34,37-38,41-42H,7-18,35-36,39-40H2,1-6H3. The van der Waals surface area contributed by atoms with Gasteiger partial charge in [0.25, 0.3) is 0 Å². The fourth-order valence-corrected chi connectivity index (χ4v) is 7.91. The van der Waals surface area contributed by atoms with E-state index in [9.17, 15) is 9.59 Å². The zero-order chi connectivity index (χ0) is 41.3. The maximum Gasteiger partial charge on any atom is 0.194 e. The van der Waals surface area contributed by atoms with Crippen LogP contribution in [-0.4, -0.2) is 37.7 Å². The number of unbranched alkanes of at least 4 members (excludes halogenated alkanes) is 4. The van der Waals surface area contributed by atoms with Crippen molar-refractivity contribution in [2.45, 2.75) is 119 Å². The lowest BCUT2D eigenvalue weighted by molar-refractivity contribution is 0.0979. The van der Waals surface area contributed by atoms with Gasteiger partial charge in [-0.25, -0.2) is 0 Å². The zero-order valence-corrected chi connectivity index (χ0v) is 36.3. The van der Waals surface area contributed by atoms with Crippen molar-refractivity contribution < 1.29 is 9.59 Å². The van der Waals surface area contributed by atoms with Crippen LogP contribution in [0.15, 0.2) is 84.9 Å². The van der Waals surface area contributed by atoms with E-state index in [0.29, 0.717) is 45.2 Å². The first-order chi connectivity index (χ1) is 28.3. The average molecular weight is 775 g/mol. The molecule has 0 saturated heterocycles. The Morgan fingerprint density at radius 3 is 1.12 bits per heavy atom. The molecule has 4 aromatic carbocycles. The van der Waals surface area contributed by atoms with Crippen LogP contribution in [0.1, 0.15) is 173 Å². The van der Waals surface area contributed by atoms with Crippen LogP contribution in [0.3, 0.4) is 0 Å². The minimum Gasteiger partial charge on any atom is -0.371 e. The number of carbonyl (C=O) groups excluding carboxylic acids is 2. The van der Waals surface area contributed by atoms with Gasteiger partial charge in [-0.2, -0.15) is 0 Å². The third-order valence-electron chi connectivity index (χ3n) is 11.8. The number of rotatable bonds is 20. The fourth-order valence-electron chi connectivity index (χ4n) is 7.91. The second-order valence-corrected chi connectivity index (χ2v) is 16.2. The number of benzene rings is 4. The van der Waals surface area contributed by atoms with Gasteiger partial charge in [0.2, 0.25) is 0 Å². The van der Waals surface area contributed by atoms with E-state index in [0.717, 1.165) is 37.3 Å². The highest BCUT2D eigenvalue weighted by Crippen LogP contribution is 2.29. The van der Waals surface area contributed by atoms with E-state index in [1.165, 1.54) is 88.4 Å². The SMILES string of the molecule is CCCCC(CC)CN(CCCC)c1ccc(C#Cc2ccc3c(c2)C(=O)c2ccc(C#Cc4ccc(N(CCCC)CC(CC)CCCC)cc4)cc2C3=O)cc1. The Balaban J connectivity index is 1.27. The molecule has 0 aromatic heterocycles. The minimum absolute atomic E-state index is 0.156. The largest absolute Gasteiger partial charge is 0.371 e. The lowest BCUT2D eigenvalue weighted by atomic mass is 9.82. The molecule has 0 aliphatic heterocycles. The summed E-state index contributed by atoms with van der Waals surface area (Å²) in [6, 6.07) is 27.8. The Hall–Kier alpha value is -5.06. The average Bonchev–Trinajstić information content (AvgIpc) is 3.26. The van der Waals surface area contributed by atoms with Gasteiger partial charge < -0.3 is 9.80 Å². The van der Waals surface area contributed by atoms with E-state index < -0.39 is 0 Å². The topological polar surface area (TPSA) is 40.6 Å². The number of hydrogen-bond acceptors (Lipinski definition) is 4. The summed E-state index contributed by atoms with van der Waals surface area (Å²) >= 11 is 0. The van der Waals surface area contributed by atoms with Crippen LogP contribution in [0.5, 0.6) is 0 Å². The van der Waals surface area contributed by atoms with Gasteiger partial charge >= 0.3 is 0 Å². The molecule has 5 rings (SSSR count). The van der Waals surface area contributed by atoms with Crippen molar-refractivity contribution >= 4 is 22.9 Å². The predicted octanol–water partition coefficient (Wildman–Crippen LogP) is 12.9. The highest BCUT2D eigenvalue weighted by atomic mass is 16.1. The molecule has 0 radical (unpaired) electrons. The fraction of sp³-hybridized carbons (Fsp3) is 0.444. The molecule has 4 heteroatoms. The molecule has 1 aliphatic carbocycles. The highest BCUT2D eigenvalue weighted by Gasteiger charge is 2.30. The molecule has 0 heterocycles. The summed E-state index contributed by atoms with van der Waals surface area (Å²) in [4.78, 5) is 32.6. The lowest BCUT2D eigenvalue weighted by Crippen LogP contribution is -2.30. The molecule has 0 bridgehead atoms. The summed E-state index contributed by atoms with van der Waals surface area (Å²) in [5.74, 6) is 14.2. The van der Waals surface area contributed by atoms with Gasteiger partial charge in [0.05, 0.1) is 0 Å². The highest BCUT2D eigenvalue weighted by molar-refractivity contribution is 6.28. The first kappa shape index (κ1) is 44.1. The molecule has 0 saturated carbocycles. The summed E-state index contributed by atoms with van der Waals surface area (Å²) in [5, 5.41) is 0. The third kappa shape index (κ3) is 12.0. The van der Waals surface area contributed by atoms with Crippen LogP contribution in [0.2, 0.25) is 0 Å². The smallest absolute Gasteiger partial charge is 0.194 e. The monoisotopic (exact) mass is 775 g/mol. The second kappa shape index (κ2) is 22.8. The van der Waals surface area contributed by atoms with Crippen molar-refractivity contribution in [3.8, 4) is 23.7 Å². The molecule has 58 heavy (non-hydrogen) atoms. The van der Waals surface area contributed by atoms with Crippen LogP contribution in [-0.2, 0) is 0 Å². The maximum absolute atomic E-state index is 13.7. The number of ketones is 2. The Kier molecular flexibility index (Phi) is 17.3. The number of nitrogens with zero attached hydrogens (tertiary/aromatic N) is 2. The Morgan fingerprint density at radius 2 is 0.776 bits per heavy atom. The molecule has 0 N–H and O–H groups in total. The van der Waals surface area contributed by atoms with Gasteiger partial charge in [0, 0.05) is 82.1 Å². The molecular weight excluding hydrogens is 709 g/mol. The van der Waals surface area contributed by atoms with Crippen LogP contribution in [0, 0.1) is 35.5 Å². The zero-order valence-electron chi connectivity index (χ0n) is 36.3. The van der Waals surface area contributed by atoms with Crippen LogP contribution in [0.4, 0.5) is 11.4 Å². The van der Waals surface area contributed by atoms with E-state index in [2.05, 4.69) is 124 Å². The number of anilines is 2. The van der Waals surface area contributed by atoms with Gasteiger partial charge in [-0.3, -0.25) is 9.59 Å².